The van der Waals surface area contributed by atoms with Crippen LogP contribution in [0.3, 0.4) is 0 Å². The number of anilines is 1. The molecule has 2 aromatic carbocycles. The average molecular weight is 543 g/mol. The normalized spacial score (nSPS) is 13.8. The minimum absolute atomic E-state index is 0.121. The molecule has 3 aromatic heterocycles. The topological polar surface area (TPSA) is 67.2 Å². The number of aromatic nitrogens is 4. The first kappa shape index (κ1) is 24.4. The smallest absolute Gasteiger partial charge is 0.274 e. The van der Waals surface area contributed by atoms with Crippen LogP contribution in [0.1, 0.15) is 16.1 Å². The Morgan fingerprint density at radius 3 is 2.32 bits per heavy atom. The summed E-state index contributed by atoms with van der Waals surface area (Å²) in [4.78, 5) is 26.4. The van der Waals surface area contributed by atoms with Crippen LogP contribution < -0.4 is 4.90 Å². The summed E-state index contributed by atoms with van der Waals surface area (Å²) in [5.74, 6) is 0.537. The molecule has 0 radical (unpaired) electrons. The van der Waals surface area contributed by atoms with Gasteiger partial charge in [-0.2, -0.15) is 5.10 Å². The van der Waals surface area contributed by atoms with Gasteiger partial charge < -0.3 is 9.80 Å². The van der Waals surface area contributed by atoms with Gasteiger partial charge in [0, 0.05) is 49.5 Å². The van der Waals surface area contributed by atoms with Crippen molar-refractivity contribution in [1.82, 2.24) is 24.6 Å². The van der Waals surface area contributed by atoms with E-state index in [0.29, 0.717) is 47.7 Å². The molecule has 7 nitrogen and oxygen atoms in total. The van der Waals surface area contributed by atoms with E-state index in [-0.39, 0.29) is 5.91 Å². The predicted molar refractivity (Wildman–Crippen MR) is 151 cm³/mol. The Hall–Kier alpha value is -3.94. The molecule has 0 unspecified atom stereocenters. The highest BCUT2D eigenvalue weighted by atomic mass is 35.5. The third-order valence-corrected chi connectivity index (χ3v) is 7.34. The zero-order valence-corrected chi connectivity index (χ0v) is 22.2. The molecule has 0 N–H and O–H groups in total. The Bertz CT molecular complexity index is 1620. The lowest BCUT2D eigenvalue weighted by atomic mass is 10.1. The number of carbonyl (C=O) groups excluding carboxylic acids is 1. The van der Waals surface area contributed by atoms with E-state index < -0.39 is 0 Å². The lowest BCUT2D eigenvalue weighted by molar-refractivity contribution is 0.0740. The van der Waals surface area contributed by atoms with Crippen molar-refractivity contribution in [3.05, 3.63) is 100 Å². The number of hydrogen-bond donors (Lipinski definition) is 0. The second-order valence-electron chi connectivity index (χ2n) is 9.29. The minimum Gasteiger partial charge on any atom is -0.365 e. The first-order chi connectivity index (χ1) is 18.5. The number of nitrogens with zero attached hydrogens (tertiary/aromatic N) is 6. The molecule has 5 aromatic rings. The molecule has 1 aliphatic rings. The van der Waals surface area contributed by atoms with E-state index in [1.165, 1.54) is 0 Å². The van der Waals surface area contributed by atoms with Gasteiger partial charge in [0.15, 0.2) is 11.5 Å². The summed E-state index contributed by atoms with van der Waals surface area (Å²) in [6.45, 7) is 4.30. The number of piperazine rings is 1. The quantitative estimate of drug-likeness (QED) is 0.276. The van der Waals surface area contributed by atoms with Crippen molar-refractivity contribution in [2.24, 2.45) is 0 Å². The Labute approximate surface area is 230 Å². The van der Waals surface area contributed by atoms with Crippen LogP contribution in [-0.2, 0) is 0 Å². The van der Waals surface area contributed by atoms with Crippen molar-refractivity contribution in [2.75, 3.05) is 31.1 Å². The standard InChI is InChI=1S/C29H24Cl2N6O/c1-19-6-8-21(9-7-19)26-16-25(34-37(26)27-11-10-20-4-2-3-5-24(20)33-27)29(38)36-14-12-35(13-15-36)28-22(30)17-32-18-23(28)31/h2-11,16-18H,12-15H2,1H3. The van der Waals surface area contributed by atoms with Crippen molar-refractivity contribution in [3.63, 3.8) is 0 Å². The van der Waals surface area contributed by atoms with Crippen LogP contribution in [0.4, 0.5) is 5.69 Å². The van der Waals surface area contributed by atoms with Crippen molar-refractivity contribution in [2.45, 2.75) is 6.92 Å². The van der Waals surface area contributed by atoms with Crippen LogP contribution in [0.5, 0.6) is 0 Å². The predicted octanol–water partition coefficient (Wildman–Crippen LogP) is 6.06. The third-order valence-electron chi connectivity index (χ3n) is 6.79. The van der Waals surface area contributed by atoms with E-state index >= 15 is 0 Å². The second kappa shape index (κ2) is 10.1. The first-order valence-corrected chi connectivity index (χ1v) is 13.1. The van der Waals surface area contributed by atoms with Gasteiger partial charge in [0.2, 0.25) is 0 Å². The first-order valence-electron chi connectivity index (χ1n) is 12.3. The average Bonchev–Trinajstić information content (AvgIpc) is 3.39. The number of carbonyl (C=O) groups is 1. The maximum Gasteiger partial charge on any atom is 0.274 e. The molecule has 0 atom stereocenters. The maximum atomic E-state index is 13.6. The van der Waals surface area contributed by atoms with Crippen LogP contribution in [0.2, 0.25) is 10.0 Å². The van der Waals surface area contributed by atoms with Gasteiger partial charge in [0.25, 0.3) is 5.91 Å². The van der Waals surface area contributed by atoms with Gasteiger partial charge in [-0.1, -0.05) is 71.2 Å². The summed E-state index contributed by atoms with van der Waals surface area (Å²) in [5.41, 5.74) is 4.93. The summed E-state index contributed by atoms with van der Waals surface area (Å²) in [5, 5.41) is 6.81. The van der Waals surface area contributed by atoms with Gasteiger partial charge in [-0.3, -0.25) is 9.78 Å². The van der Waals surface area contributed by atoms with Gasteiger partial charge in [-0.15, -0.1) is 0 Å². The number of pyridine rings is 2. The SMILES string of the molecule is Cc1ccc(-c2cc(C(=O)N3CCN(c4c(Cl)cncc4Cl)CC3)nn2-c2ccc3ccccc3n2)cc1. The van der Waals surface area contributed by atoms with E-state index in [4.69, 9.17) is 33.3 Å². The van der Waals surface area contributed by atoms with Gasteiger partial charge in [0.1, 0.15) is 0 Å². The Kier molecular flexibility index (Phi) is 6.47. The molecular weight excluding hydrogens is 519 g/mol. The molecule has 0 spiro atoms. The van der Waals surface area contributed by atoms with E-state index in [9.17, 15) is 4.79 Å². The van der Waals surface area contributed by atoms with Gasteiger partial charge in [-0.25, -0.2) is 9.67 Å². The van der Waals surface area contributed by atoms with Crippen LogP contribution in [0.25, 0.3) is 28.0 Å². The minimum atomic E-state index is -0.121. The summed E-state index contributed by atoms with van der Waals surface area (Å²) in [6.07, 6.45) is 3.17. The molecule has 6 rings (SSSR count). The van der Waals surface area contributed by atoms with Crippen LogP contribution in [0.15, 0.2) is 79.1 Å². The second-order valence-corrected chi connectivity index (χ2v) is 10.1. The summed E-state index contributed by atoms with van der Waals surface area (Å²) in [7, 11) is 0. The van der Waals surface area contributed by atoms with Crippen molar-refractivity contribution in [1.29, 1.82) is 0 Å². The highest BCUT2D eigenvalue weighted by Crippen LogP contribution is 2.33. The van der Waals surface area contributed by atoms with Crippen LogP contribution in [-0.4, -0.2) is 56.7 Å². The summed E-state index contributed by atoms with van der Waals surface area (Å²) < 4.78 is 1.76. The maximum absolute atomic E-state index is 13.6. The molecule has 0 aliphatic carbocycles. The van der Waals surface area contributed by atoms with Crippen molar-refractivity contribution < 1.29 is 4.79 Å². The Morgan fingerprint density at radius 2 is 1.58 bits per heavy atom. The van der Waals surface area contributed by atoms with Crippen LogP contribution >= 0.6 is 23.2 Å². The van der Waals surface area contributed by atoms with E-state index in [1.807, 2.05) is 66.4 Å². The molecule has 0 saturated carbocycles. The number of aryl methyl sites for hydroxylation is 1. The third kappa shape index (κ3) is 4.59. The summed E-state index contributed by atoms with van der Waals surface area (Å²) in [6, 6.07) is 21.9. The number of amides is 1. The zero-order valence-electron chi connectivity index (χ0n) is 20.7. The highest BCUT2D eigenvalue weighted by molar-refractivity contribution is 6.38. The van der Waals surface area contributed by atoms with Crippen molar-refractivity contribution in [3.8, 4) is 17.1 Å². The Balaban J connectivity index is 1.31. The van der Waals surface area contributed by atoms with Gasteiger partial charge in [0.05, 0.1) is 26.9 Å². The van der Waals surface area contributed by atoms with E-state index in [0.717, 1.165) is 33.4 Å². The molecule has 1 fully saturated rings. The van der Waals surface area contributed by atoms with Gasteiger partial charge >= 0.3 is 0 Å². The number of hydrogen-bond acceptors (Lipinski definition) is 5. The zero-order chi connectivity index (χ0) is 26.2. The molecule has 38 heavy (non-hydrogen) atoms. The molecule has 1 aliphatic heterocycles. The number of benzene rings is 2. The largest absolute Gasteiger partial charge is 0.365 e. The number of para-hydroxylation sites is 1. The molecule has 9 heteroatoms. The molecule has 1 saturated heterocycles. The van der Waals surface area contributed by atoms with E-state index in [1.54, 1.807) is 17.1 Å². The Morgan fingerprint density at radius 1 is 0.868 bits per heavy atom. The summed E-state index contributed by atoms with van der Waals surface area (Å²) >= 11 is 12.7. The fourth-order valence-electron chi connectivity index (χ4n) is 4.77. The monoisotopic (exact) mass is 542 g/mol. The van der Waals surface area contributed by atoms with Gasteiger partial charge in [-0.05, 0) is 31.2 Å². The van der Waals surface area contributed by atoms with E-state index in [2.05, 4.69) is 22.0 Å². The molecule has 190 valence electrons. The lowest BCUT2D eigenvalue weighted by Gasteiger charge is -2.36. The number of fused-ring (bicyclic) bond motifs is 1. The number of rotatable bonds is 4. The lowest BCUT2D eigenvalue weighted by Crippen LogP contribution is -2.49. The molecular formula is C29H24Cl2N6O. The highest BCUT2D eigenvalue weighted by Gasteiger charge is 2.27. The molecule has 1 amide bonds. The molecule has 0 bridgehead atoms. The number of halogens is 2. The molecule has 4 heterocycles. The fraction of sp³-hybridized carbons (Fsp3) is 0.172. The van der Waals surface area contributed by atoms with Crippen molar-refractivity contribution >= 4 is 45.7 Å². The fourth-order valence-corrected chi connectivity index (χ4v) is 5.37. The van der Waals surface area contributed by atoms with Crippen LogP contribution in [0, 0.1) is 6.92 Å².